The molecule has 0 atom stereocenters. The number of nitrogens with zero attached hydrogens (tertiary/aromatic N) is 3. The Bertz CT molecular complexity index is 715. The van der Waals surface area contributed by atoms with Gasteiger partial charge in [0.25, 0.3) is 5.56 Å². The summed E-state index contributed by atoms with van der Waals surface area (Å²) in [5, 5.41) is 4.00. The molecule has 104 valence electrons. The minimum atomic E-state index is -0.0496. The number of anilines is 1. The number of benzene rings is 1. The summed E-state index contributed by atoms with van der Waals surface area (Å²) >= 11 is 1.65. The topological polar surface area (TPSA) is 51.3 Å². The van der Waals surface area contributed by atoms with Crippen molar-refractivity contribution < 1.29 is 0 Å². The molecule has 0 amide bonds. The normalized spacial score (nSPS) is 14.4. The number of hydrogen-bond acceptors (Lipinski definition) is 4. The van der Waals surface area contributed by atoms with Crippen molar-refractivity contribution in [2.75, 3.05) is 17.6 Å². The van der Waals surface area contributed by atoms with Gasteiger partial charge in [-0.25, -0.2) is 4.68 Å². The summed E-state index contributed by atoms with van der Waals surface area (Å²) in [5.41, 5.74) is 2.31. The van der Waals surface area contributed by atoms with Gasteiger partial charge in [0.15, 0.2) is 5.17 Å². The first-order valence-electron chi connectivity index (χ1n) is 6.47. The van der Waals surface area contributed by atoms with Crippen molar-refractivity contribution in [3.05, 3.63) is 46.4 Å². The summed E-state index contributed by atoms with van der Waals surface area (Å²) in [6.45, 7) is 2.75. The van der Waals surface area contributed by atoms with Crippen LogP contribution in [0.1, 0.15) is 5.69 Å². The molecule has 0 spiro atoms. The average molecular weight is 288 g/mol. The van der Waals surface area contributed by atoms with Gasteiger partial charge in [0.05, 0.1) is 17.9 Å². The van der Waals surface area contributed by atoms with Crippen LogP contribution in [-0.4, -0.2) is 26.8 Å². The molecule has 1 aliphatic heterocycles. The number of nitrogens with one attached hydrogen (secondary N) is 1. The summed E-state index contributed by atoms with van der Waals surface area (Å²) in [5.74, 6) is 0.973. The van der Waals surface area contributed by atoms with Crippen molar-refractivity contribution in [2.24, 2.45) is 12.0 Å². The van der Waals surface area contributed by atoms with E-state index in [1.807, 2.05) is 49.0 Å². The molecule has 20 heavy (non-hydrogen) atoms. The molecule has 2 aromatic rings. The second-order valence-electron chi connectivity index (χ2n) is 4.60. The van der Waals surface area contributed by atoms with Gasteiger partial charge in [-0.3, -0.25) is 14.5 Å². The third-order valence-electron chi connectivity index (χ3n) is 3.37. The van der Waals surface area contributed by atoms with E-state index in [4.69, 9.17) is 0 Å². The van der Waals surface area contributed by atoms with E-state index in [0.29, 0.717) is 5.69 Å². The molecule has 2 heterocycles. The molecular weight excluding hydrogens is 272 g/mol. The van der Waals surface area contributed by atoms with Gasteiger partial charge in [-0.15, -0.1) is 0 Å². The molecule has 0 radical (unpaired) electrons. The fraction of sp³-hybridized carbons (Fsp3) is 0.286. The molecule has 1 aromatic carbocycles. The first-order chi connectivity index (χ1) is 9.68. The number of rotatable bonds is 2. The maximum absolute atomic E-state index is 12.6. The standard InChI is InChI=1S/C14H16N4OS/c1-10-12(16-14-15-8-9-20-14)13(19)18(17(10)2)11-6-4-3-5-7-11/h3-7H,8-9H2,1-2H3,(H,15,16). The fourth-order valence-corrected chi connectivity index (χ4v) is 2.96. The van der Waals surface area contributed by atoms with Crippen LogP contribution < -0.4 is 10.9 Å². The van der Waals surface area contributed by atoms with Crippen molar-refractivity contribution in [2.45, 2.75) is 6.92 Å². The first kappa shape index (κ1) is 13.1. The van der Waals surface area contributed by atoms with Gasteiger partial charge in [-0.1, -0.05) is 30.0 Å². The van der Waals surface area contributed by atoms with E-state index in [2.05, 4.69) is 10.3 Å². The van der Waals surface area contributed by atoms with E-state index in [-0.39, 0.29) is 5.56 Å². The van der Waals surface area contributed by atoms with Crippen LogP contribution in [-0.2, 0) is 7.05 Å². The summed E-state index contributed by atoms with van der Waals surface area (Å²) in [4.78, 5) is 17.0. The van der Waals surface area contributed by atoms with Crippen molar-refractivity contribution in [3.63, 3.8) is 0 Å². The zero-order valence-corrected chi connectivity index (χ0v) is 12.3. The summed E-state index contributed by atoms with van der Waals surface area (Å²) in [6, 6.07) is 9.63. The van der Waals surface area contributed by atoms with Gasteiger partial charge in [-0.2, -0.15) is 0 Å². The lowest BCUT2D eigenvalue weighted by atomic mass is 10.3. The Morgan fingerprint density at radius 2 is 2.05 bits per heavy atom. The molecule has 0 bridgehead atoms. The van der Waals surface area contributed by atoms with Crippen molar-refractivity contribution in [1.82, 2.24) is 9.36 Å². The highest BCUT2D eigenvalue weighted by atomic mass is 32.2. The number of thioether (sulfide) groups is 1. The van der Waals surface area contributed by atoms with E-state index in [0.717, 1.165) is 28.8 Å². The Kier molecular flexibility index (Phi) is 3.40. The van der Waals surface area contributed by atoms with Gasteiger partial charge in [0.1, 0.15) is 5.69 Å². The monoisotopic (exact) mass is 288 g/mol. The maximum atomic E-state index is 12.6. The fourth-order valence-electron chi connectivity index (χ4n) is 2.23. The molecule has 1 aromatic heterocycles. The van der Waals surface area contributed by atoms with Crippen LogP contribution in [0.2, 0.25) is 0 Å². The summed E-state index contributed by atoms with van der Waals surface area (Å²) in [7, 11) is 1.89. The van der Waals surface area contributed by atoms with Crippen molar-refractivity contribution in [1.29, 1.82) is 0 Å². The number of amidine groups is 1. The highest BCUT2D eigenvalue weighted by Gasteiger charge is 2.18. The van der Waals surface area contributed by atoms with Crippen LogP contribution in [0.25, 0.3) is 5.69 Å². The van der Waals surface area contributed by atoms with Crippen molar-refractivity contribution in [3.8, 4) is 5.69 Å². The summed E-state index contributed by atoms with van der Waals surface area (Å²) in [6.07, 6.45) is 0. The Balaban J connectivity index is 2.07. The Labute approximate surface area is 121 Å². The van der Waals surface area contributed by atoms with Crippen LogP contribution >= 0.6 is 11.8 Å². The van der Waals surface area contributed by atoms with Gasteiger partial charge in [0, 0.05) is 12.8 Å². The van der Waals surface area contributed by atoms with Crippen molar-refractivity contribution >= 4 is 22.6 Å². The highest BCUT2D eigenvalue weighted by Crippen LogP contribution is 2.18. The molecule has 0 unspecified atom stereocenters. The minimum Gasteiger partial charge on any atom is -0.329 e. The van der Waals surface area contributed by atoms with Crippen LogP contribution in [0, 0.1) is 6.92 Å². The number of para-hydroxylation sites is 1. The lowest BCUT2D eigenvalue weighted by molar-refractivity contribution is 0.630. The third-order valence-corrected chi connectivity index (χ3v) is 4.26. The van der Waals surface area contributed by atoms with Gasteiger partial charge >= 0.3 is 0 Å². The SMILES string of the molecule is Cc1c(NC2=NCCS2)c(=O)n(-c2ccccc2)n1C. The molecule has 3 rings (SSSR count). The average Bonchev–Trinajstić information content (AvgIpc) is 3.04. The minimum absolute atomic E-state index is 0.0496. The Morgan fingerprint density at radius 1 is 1.30 bits per heavy atom. The number of aromatic nitrogens is 2. The lowest BCUT2D eigenvalue weighted by Crippen LogP contribution is -2.21. The molecule has 1 aliphatic rings. The van der Waals surface area contributed by atoms with E-state index >= 15 is 0 Å². The zero-order chi connectivity index (χ0) is 14.1. The van der Waals surface area contributed by atoms with E-state index in [1.165, 1.54) is 0 Å². The van der Waals surface area contributed by atoms with E-state index < -0.39 is 0 Å². The first-order valence-corrected chi connectivity index (χ1v) is 7.45. The molecule has 0 saturated heterocycles. The van der Waals surface area contributed by atoms with E-state index in [9.17, 15) is 4.79 Å². The van der Waals surface area contributed by atoms with Crippen LogP contribution in [0.3, 0.4) is 0 Å². The molecular formula is C14H16N4OS. The second-order valence-corrected chi connectivity index (χ2v) is 5.68. The van der Waals surface area contributed by atoms with Gasteiger partial charge in [-0.05, 0) is 19.1 Å². The maximum Gasteiger partial charge on any atom is 0.295 e. The molecule has 1 N–H and O–H groups in total. The Morgan fingerprint density at radius 3 is 2.70 bits per heavy atom. The number of aliphatic imine (C=N–C) groups is 1. The van der Waals surface area contributed by atoms with Crippen LogP contribution in [0.4, 0.5) is 5.69 Å². The van der Waals surface area contributed by atoms with Crippen LogP contribution in [0.5, 0.6) is 0 Å². The predicted molar refractivity (Wildman–Crippen MR) is 84.1 cm³/mol. The van der Waals surface area contributed by atoms with Gasteiger partial charge < -0.3 is 5.32 Å². The molecule has 6 heteroatoms. The Hall–Kier alpha value is -1.95. The largest absolute Gasteiger partial charge is 0.329 e. The van der Waals surface area contributed by atoms with Gasteiger partial charge in [0.2, 0.25) is 0 Å². The highest BCUT2D eigenvalue weighted by molar-refractivity contribution is 8.14. The second kappa shape index (κ2) is 5.20. The summed E-state index contributed by atoms with van der Waals surface area (Å²) < 4.78 is 3.53. The van der Waals surface area contributed by atoms with E-state index in [1.54, 1.807) is 16.4 Å². The predicted octanol–water partition coefficient (Wildman–Crippen LogP) is 2.00. The quantitative estimate of drug-likeness (QED) is 0.919. The molecule has 0 fully saturated rings. The molecule has 0 aliphatic carbocycles. The number of hydrogen-bond donors (Lipinski definition) is 1. The zero-order valence-electron chi connectivity index (χ0n) is 11.5. The lowest BCUT2D eigenvalue weighted by Gasteiger charge is -2.07. The molecule has 0 saturated carbocycles. The smallest absolute Gasteiger partial charge is 0.295 e. The molecule has 5 nitrogen and oxygen atoms in total. The third kappa shape index (κ3) is 2.16. The van der Waals surface area contributed by atoms with Crippen LogP contribution in [0.15, 0.2) is 40.1 Å².